The van der Waals surface area contributed by atoms with Gasteiger partial charge in [-0.3, -0.25) is 0 Å². The van der Waals surface area contributed by atoms with Gasteiger partial charge in [-0.25, -0.2) is 9.59 Å². The zero-order valence-electron chi connectivity index (χ0n) is 20.4. The molecule has 0 amide bonds. The summed E-state index contributed by atoms with van der Waals surface area (Å²) in [4.78, 5) is 24.4. The molecule has 0 fully saturated rings. The van der Waals surface area contributed by atoms with Gasteiger partial charge < -0.3 is 9.47 Å². The van der Waals surface area contributed by atoms with Crippen LogP contribution in [-0.4, -0.2) is 11.9 Å². The largest absolute Gasteiger partial charge is 0.423 e. The summed E-state index contributed by atoms with van der Waals surface area (Å²) in [5.41, 5.74) is 4.99. The molecule has 2 aliphatic rings. The van der Waals surface area contributed by atoms with Crippen LogP contribution in [0.4, 0.5) is 0 Å². The van der Waals surface area contributed by atoms with Crippen molar-refractivity contribution in [1.82, 2.24) is 0 Å². The van der Waals surface area contributed by atoms with Gasteiger partial charge in [0.25, 0.3) is 0 Å². The molecule has 33 heavy (non-hydrogen) atoms. The molecule has 1 atom stereocenters. The molecule has 1 spiro atoms. The number of carbonyl (C=O) groups is 2. The van der Waals surface area contributed by atoms with E-state index in [2.05, 4.69) is 53.0 Å². The van der Waals surface area contributed by atoms with E-state index in [1.165, 1.54) is 22.3 Å². The number of aryl methyl sites for hydroxylation is 1. The van der Waals surface area contributed by atoms with Crippen LogP contribution >= 0.6 is 0 Å². The zero-order chi connectivity index (χ0) is 24.3. The lowest BCUT2D eigenvalue weighted by Gasteiger charge is -2.47. The standard InChI is InChI=1S/C29H32O4/c1-17(2)25(30)32-20-10-9-19-13-14-29(23(19)15-20)24-16-21(33-26(31)18(3)4)11-12-22(24)27(5,6)28(29,7)8/h9-12,15-16H,1,3,13-14H2,2,4-8H3. The number of esters is 2. The van der Waals surface area contributed by atoms with Gasteiger partial charge in [0, 0.05) is 16.6 Å². The second kappa shape index (κ2) is 7.44. The maximum Gasteiger partial charge on any atom is 0.338 e. The van der Waals surface area contributed by atoms with Gasteiger partial charge in [0.1, 0.15) is 11.5 Å². The van der Waals surface area contributed by atoms with Crippen molar-refractivity contribution in [3.63, 3.8) is 0 Å². The fraction of sp³-hybridized carbons (Fsp3) is 0.379. The van der Waals surface area contributed by atoms with Crippen molar-refractivity contribution < 1.29 is 19.1 Å². The van der Waals surface area contributed by atoms with E-state index in [-0.39, 0.29) is 16.2 Å². The number of carbonyl (C=O) groups excluding carboxylic acids is 2. The van der Waals surface area contributed by atoms with Gasteiger partial charge in [0.05, 0.1) is 0 Å². The number of benzene rings is 2. The molecule has 0 bridgehead atoms. The Morgan fingerprint density at radius 2 is 1.30 bits per heavy atom. The normalized spacial score (nSPS) is 21.3. The third-order valence-corrected chi connectivity index (χ3v) is 8.18. The van der Waals surface area contributed by atoms with E-state index >= 15 is 0 Å². The Balaban J connectivity index is 1.90. The highest BCUT2D eigenvalue weighted by atomic mass is 16.5. The van der Waals surface area contributed by atoms with E-state index in [1.54, 1.807) is 13.8 Å². The second-order valence-electron chi connectivity index (χ2n) is 10.5. The summed E-state index contributed by atoms with van der Waals surface area (Å²) in [5.74, 6) is 0.187. The van der Waals surface area contributed by atoms with Gasteiger partial charge in [-0.15, -0.1) is 0 Å². The highest BCUT2D eigenvalue weighted by Crippen LogP contribution is 2.68. The van der Waals surface area contributed by atoms with Gasteiger partial charge in [0.2, 0.25) is 0 Å². The summed E-state index contributed by atoms with van der Waals surface area (Å²) in [7, 11) is 0. The van der Waals surface area contributed by atoms with Gasteiger partial charge in [-0.05, 0) is 84.0 Å². The lowest BCUT2D eigenvalue weighted by molar-refractivity contribution is -0.130. The summed E-state index contributed by atoms with van der Waals surface area (Å²) in [6.07, 6.45) is 1.86. The van der Waals surface area contributed by atoms with Crippen molar-refractivity contribution in [2.75, 3.05) is 0 Å². The minimum absolute atomic E-state index is 0.134. The van der Waals surface area contributed by atoms with Crippen molar-refractivity contribution in [2.45, 2.75) is 65.2 Å². The van der Waals surface area contributed by atoms with Crippen molar-refractivity contribution >= 4 is 11.9 Å². The first-order valence-electron chi connectivity index (χ1n) is 11.4. The number of rotatable bonds is 4. The lowest BCUT2D eigenvalue weighted by Crippen LogP contribution is -2.45. The zero-order valence-corrected chi connectivity index (χ0v) is 20.4. The number of ether oxygens (including phenoxy) is 2. The number of hydrogen-bond donors (Lipinski definition) is 0. The SMILES string of the molecule is C=C(C)C(=O)Oc1ccc2c(c1)C1(CC2)c2cc(OC(=O)C(=C)C)ccc2C(C)(C)C1(C)C. The number of hydrogen-bond acceptors (Lipinski definition) is 4. The second-order valence-corrected chi connectivity index (χ2v) is 10.5. The molecular weight excluding hydrogens is 412 g/mol. The molecule has 0 saturated heterocycles. The maximum atomic E-state index is 12.2. The highest BCUT2D eigenvalue weighted by molar-refractivity contribution is 5.89. The lowest BCUT2D eigenvalue weighted by atomic mass is 9.55. The Labute approximate surface area is 196 Å². The molecule has 0 saturated carbocycles. The van der Waals surface area contributed by atoms with E-state index in [0.717, 1.165) is 12.8 Å². The summed E-state index contributed by atoms with van der Waals surface area (Å²) in [6.45, 7) is 19.9. The van der Waals surface area contributed by atoms with Crippen LogP contribution in [0.5, 0.6) is 11.5 Å². The molecule has 1 unspecified atom stereocenters. The maximum absolute atomic E-state index is 12.2. The summed E-state index contributed by atoms with van der Waals surface area (Å²) >= 11 is 0. The summed E-state index contributed by atoms with van der Waals surface area (Å²) in [5, 5.41) is 0. The quantitative estimate of drug-likeness (QED) is 0.320. The van der Waals surface area contributed by atoms with Crippen LogP contribution in [0.25, 0.3) is 0 Å². The van der Waals surface area contributed by atoms with Crippen LogP contribution in [0.2, 0.25) is 0 Å². The molecule has 0 aliphatic heterocycles. The predicted molar refractivity (Wildman–Crippen MR) is 130 cm³/mol. The summed E-state index contributed by atoms with van der Waals surface area (Å²) < 4.78 is 11.2. The Kier molecular flexibility index (Phi) is 5.19. The van der Waals surface area contributed by atoms with Gasteiger partial charge in [-0.2, -0.15) is 0 Å². The fourth-order valence-electron chi connectivity index (χ4n) is 5.70. The minimum atomic E-state index is -0.429. The molecule has 0 aromatic heterocycles. The van der Waals surface area contributed by atoms with Crippen molar-refractivity contribution in [1.29, 1.82) is 0 Å². The topological polar surface area (TPSA) is 52.6 Å². The molecule has 0 radical (unpaired) electrons. The molecular formula is C29H32O4. The van der Waals surface area contributed by atoms with Gasteiger partial charge in [-0.1, -0.05) is 53.0 Å². The molecule has 0 N–H and O–H groups in total. The van der Waals surface area contributed by atoms with Gasteiger partial charge in [0.15, 0.2) is 0 Å². The van der Waals surface area contributed by atoms with Crippen LogP contribution < -0.4 is 9.47 Å². The van der Waals surface area contributed by atoms with Crippen molar-refractivity contribution in [3.8, 4) is 11.5 Å². The van der Waals surface area contributed by atoms with E-state index in [4.69, 9.17) is 9.47 Å². The van der Waals surface area contributed by atoms with Crippen LogP contribution in [0.3, 0.4) is 0 Å². The average molecular weight is 445 g/mol. The molecule has 172 valence electrons. The van der Waals surface area contributed by atoms with Crippen LogP contribution in [0.15, 0.2) is 60.7 Å². The summed E-state index contributed by atoms with van der Waals surface area (Å²) in [6, 6.07) is 11.9. The molecule has 2 aromatic carbocycles. The molecule has 4 nitrogen and oxygen atoms in total. The minimum Gasteiger partial charge on any atom is -0.423 e. The smallest absolute Gasteiger partial charge is 0.338 e. The van der Waals surface area contributed by atoms with Crippen LogP contribution in [-0.2, 0) is 26.8 Å². The number of fused-ring (bicyclic) bond motifs is 4. The van der Waals surface area contributed by atoms with Crippen LogP contribution in [0, 0.1) is 5.41 Å². The van der Waals surface area contributed by atoms with E-state index in [0.29, 0.717) is 22.6 Å². The molecule has 4 heteroatoms. The van der Waals surface area contributed by atoms with Crippen molar-refractivity contribution in [2.24, 2.45) is 5.41 Å². The first-order valence-corrected chi connectivity index (χ1v) is 11.4. The molecule has 2 aromatic rings. The van der Waals surface area contributed by atoms with Crippen molar-refractivity contribution in [3.05, 3.63) is 83.0 Å². The first kappa shape index (κ1) is 23.0. The van der Waals surface area contributed by atoms with Gasteiger partial charge >= 0.3 is 11.9 Å². The highest BCUT2D eigenvalue weighted by Gasteiger charge is 2.63. The third-order valence-electron chi connectivity index (χ3n) is 8.18. The fourth-order valence-corrected chi connectivity index (χ4v) is 5.70. The monoisotopic (exact) mass is 444 g/mol. The Morgan fingerprint density at radius 3 is 1.85 bits per heavy atom. The molecule has 4 rings (SSSR count). The van der Waals surface area contributed by atoms with E-state index < -0.39 is 11.9 Å². The molecule has 2 aliphatic carbocycles. The van der Waals surface area contributed by atoms with E-state index in [1.807, 2.05) is 24.3 Å². The third kappa shape index (κ3) is 3.18. The predicted octanol–water partition coefficient (Wildman–Crippen LogP) is 6.20. The Morgan fingerprint density at radius 1 is 0.788 bits per heavy atom. The average Bonchev–Trinajstić information content (AvgIpc) is 3.18. The van der Waals surface area contributed by atoms with Crippen LogP contribution in [0.1, 0.15) is 70.2 Å². The Hall–Kier alpha value is -3.14. The molecule has 0 heterocycles. The Bertz CT molecular complexity index is 1210. The first-order chi connectivity index (χ1) is 15.3. The van der Waals surface area contributed by atoms with E-state index in [9.17, 15) is 9.59 Å².